The molecule has 2 aromatic rings. The van der Waals surface area contributed by atoms with Gasteiger partial charge >= 0.3 is 0 Å². The minimum atomic E-state index is -0.104. The van der Waals surface area contributed by atoms with Crippen LogP contribution in [-0.2, 0) is 4.79 Å². The summed E-state index contributed by atoms with van der Waals surface area (Å²) in [5, 5.41) is 9.57. The Morgan fingerprint density at radius 3 is 2.60 bits per heavy atom. The van der Waals surface area contributed by atoms with Gasteiger partial charge in [-0.25, -0.2) is 0 Å². The summed E-state index contributed by atoms with van der Waals surface area (Å²) in [6.07, 6.45) is 0.798. The van der Waals surface area contributed by atoms with Crippen LogP contribution in [-0.4, -0.2) is 24.2 Å². The summed E-state index contributed by atoms with van der Waals surface area (Å²) >= 11 is 8.65. The van der Waals surface area contributed by atoms with Crippen molar-refractivity contribution in [2.24, 2.45) is 0 Å². The topological polar surface area (TPSA) is 62.4 Å². The van der Waals surface area contributed by atoms with E-state index >= 15 is 0 Å². The fourth-order valence-electron chi connectivity index (χ4n) is 2.04. The molecule has 0 unspecified atom stereocenters. The standard InChI is InChI=1S/C18H20BrN3O2S/c1-13(23)21-16-4-2-5-17(12-16)24-11-3-10-20-18(25)22-15-8-6-14(19)7-9-15/h2,4-9,12H,3,10-11H2,1H3,(H,21,23)(H2,20,22,25). The highest BCUT2D eigenvalue weighted by atomic mass is 79.9. The maximum atomic E-state index is 11.1. The van der Waals surface area contributed by atoms with E-state index in [0.717, 1.165) is 28.0 Å². The third-order valence-corrected chi connectivity index (χ3v) is 3.91. The van der Waals surface area contributed by atoms with Gasteiger partial charge in [0.05, 0.1) is 6.61 Å². The van der Waals surface area contributed by atoms with Crippen LogP contribution < -0.4 is 20.7 Å². The molecule has 0 saturated carbocycles. The first kappa shape index (κ1) is 19.2. The van der Waals surface area contributed by atoms with Crippen LogP contribution in [0.5, 0.6) is 5.75 Å². The normalized spacial score (nSPS) is 10.0. The summed E-state index contributed by atoms with van der Waals surface area (Å²) in [6.45, 7) is 2.73. The minimum absolute atomic E-state index is 0.104. The molecule has 5 nitrogen and oxygen atoms in total. The first-order valence-electron chi connectivity index (χ1n) is 7.84. The van der Waals surface area contributed by atoms with E-state index in [9.17, 15) is 4.79 Å². The number of anilines is 2. The Morgan fingerprint density at radius 2 is 1.88 bits per heavy atom. The molecule has 0 aliphatic heterocycles. The molecule has 0 spiro atoms. The second-order valence-corrected chi connectivity index (χ2v) is 6.62. The fraction of sp³-hybridized carbons (Fsp3) is 0.222. The van der Waals surface area contributed by atoms with Crippen LogP contribution in [0.2, 0.25) is 0 Å². The Labute approximate surface area is 161 Å². The van der Waals surface area contributed by atoms with Gasteiger partial charge in [0.15, 0.2) is 5.11 Å². The second-order valence-electron chi connectivity index (χ2n) is 5.30. The summed E-state index contributed by atoms with van der Waals surface area (Å²) in [4.78, 5) is 11.1. The summed E-state index contributed by atoms with van der Waals surface area (Å²) < 4.78 is 6.71. The van der Waals surface area contributed by atoms with Gasteiger partial charge in [-0.15, -0.1) is 0 Å². The number of carbonyl (C=O) groups excluding carboxylic acids is 1. The Hall–Kier alpha value is -2.12. The number of ether oxygens (including phenoxy) is 1. The van der Waals surface area contributed by atoms with E-state index < -0.39 is 0 Å². The Balaban J connectivity index is 1.65. The predicted octanol–water partition coefficient (Wildman–Crippen LogP) is 4.16. The number of benzene rings is 2. The van der Waals surface area contributed by atoms with Crippen molar-refractivity contribution in [1.82, 2.24) is 5.32 Å². The molecule has 0 aromatic heterocycles. The Bertz CT molecular complexity index is 723. The van der Waals surface area contributed by atoms with Crippen molar-refractivity contribution < 1.29 is 9.53 Å². The van der Waals surface area contributed by atoms with Crippen molar-refractivity contribution in [3.8, 4) is 5.75 Å². The highest BCUT2D eigenvalue weighted by Crippen LogP contribution is 2.17. The van der Waals surface area contributed by atoms with Gasteiger partial charge in [0.1, 0.15) is 5.75 Å². The van der Waals surface area contributed by atoms with Crippen LogP contribution >= 0.6 is 28.1 Å². The van der Waals surface area contributed by atoms with Crippen molar-refractivity contribution in [2.75, 3.05) is 23.8 Å². The quantitative estimate of drug-likeness (QED) is 0.462. The van der Waals surface area contributed by atoms with Gasteiger partial charge in [-0.3, -0.25) is 4.79 Å². The fourth-order valence-corrected chi connectivity index (χ4v) is 2.52. The molecule has 0 fully saturated rings. The van der Waals surface area contributed by atoms with Crippen LogP contribution in [0.25, 0.3) is 0 Å². The molecule has 1 amide bonds. The van der Waals surface area contributed by atoms with E-state index in [0.29, 0.717) is 18.3 Å². The summed E-state index contributed by atoms with van der Waals surface area (Å²) in [5.74, 6) is 0.620. The molecule has 3 N–H and O–H groups in total. The van der Waals surface area contributed by atoms with Gasteiger partial charge in [-0.2, -0.15) is 0 Å². The van der Waals surface area contributed by atoms with E-state index in [-0.39, 0.29) is 5.91 Å². The van der Waals surface area contributed by atoms with E-state index in [1.54, 1.807) is 6.07 Å². The lowest BCUT2D eigenvalue weighted by Crippen LogP contribution is -2.29. The van der Waals surface area contributed by atoms with Crippen molar-refractivity contribution in [3.05, 3.63) is 53.0 Å². The van der Waals surface area contributed by atoms with Crippen molar-refractivity contribution in [3.63, 3.8) is 0 Å². The zero-order valence-electron chi connectivity index (χ0n) is 13.8. The molecule has 2 rings (SSSR count). The molecular weight excluding hydrogens is 402 g/mol. The van der Waals surface area contributed by atoms with Gasteiger partial charge in [0, 0.05) is 35.4 Å². The Kier molecular flexibility index (Phi) is 7.69. The second kappa shape index (κ2) is 10.0. The van der Waals surface area contributed by atoms with Crippen LogP contribution in [0, 0.1) is 0 Å². The summed E-state index contributed by atoms with van der Waals surface area (Å²) in [5.41, 5.74) is 1.66. The molecule has 0 atom stereocenters. The van der Waals surface area contributed by atoms with Gasteiger partial charge in [-0.1, -0.05) is 22.0 Å². The van der Waals surface area contributed by atoms with Gasteiger partial charge in [-0.05, 0) is 55.0 Å². The van der Waals surface area contributed by atoms with E-state index in [1.165, 1.54) is 6.92 Å². The maximum absolute atomic E-state index is 11.1. The third kappa shape index (κ3) is 7.53. The molecule has 0 bridgehead atoms. The molecule has 0 radical (unpaired) electrons. The van der Waals surface area contributed by atoms with Crippen LogP contribution in [0.4, 0.5) is 11.4 Å². The number of hydrogen-bond donors (Lipinski definition) is 3. The maximum Gasteiger partial charge on any atom is 0.221 e. The van der Waals surface area contributed by atoms with E-state index in [2.05, 4.69) is 31.9 Å². The van der Waals surface area contributed by atoms with E-state index in [1.807, 2.05) is 42.5 Å². The van der Waals surface area contributed by atoms with Crippen molar-refractivity contribution >= 4 is 50.5 Å². The molecule has 0 aliphatic carbocycles. The van der Waals surface area contributed by atoms with Crippen molar-refractivity contribution in [1.29, 1.82) is 0 Å². The summed E-state index contributed by atoms with van der Waals surface area (Å²) in [6, 6.07) is 15.1. The largest absolute Gasteiger partial charge is 0.493 e. The molecule has 0 saturated heterocycles. The van der Waals surface area contributed by atoms with E-state index in [4.69, 9.17) is 17.0 Å². The average molecular weight is 422 g/mol. The highest BCUT2D eigenvalue weighted by Gasteiger charge is 2.00. The van der Waals surface area contributed by atoms with Crippen LogP contribution in [0.15, 0.2) is 53.0 Å². The van der Waals surface area contributed by atoms with Gasteiger partial charge in [0.25, 0.3) is 0 Å². The third-order valence-electron chi connectivity index (χ3n) is 3.13. The molecule has 2 aromatic carbocycles. The number of rotatable bonds is 7. The first-order chi connectivity index (χ1) is 12.0. The van der Waals surface area contributed by atoms with Crippen LogP contribution in [0.3, 0.4) is 0 Å². The number of carbonyl (C=O) groups is 1. The number of amides is 1. The molecule has 7 heteroatoms. The lowest BCUT2D eigenvalue weighted by Gasteiger charge is -2.11. The Morgan fingerprint density at radius 1 is 1.12 bits per heavy atom. The number of hydrogen-bond acceptors (Lipinski definition) is 3. The minimum Gasteiger partial charge on any atom is -0.493 e. The lowest BCUT2D eigenvalue weighted by atomic mass is 10.3. The number of halogens is 1. The number of thiocarbonyl (C=S) groups is 1. The monoisotopic (exact) mass is 421 g/mol. The highest BCUT2D eigenvalue weighted by molar-refractivity contribution is 9.10. The predicted molar refractivity (Wildman–Crippen MR) is 109 cm³/mol. The molecular formula is C18H20BrN3O2S. The molecule has 25 heavy (non-hydrogen) atoms. The zero-order chi connectivity index (χ0) is 18.1. The smallest absolute Gasteiger partial charge is 0.221 e. The zero-order valence-corrected chi connectivity index (χ0v) is 16.2. The molecule has 0 heterocycles. The SMILES string of the molecule is CC(=O)Nc1cccc(OCCCNC(=S)Nc2ccc(Br)cc2)c1. The van der Waals surface area contributed by atoms with Crippen molar-refractivity contribution in [2.45, 2.75) is 13.3 Å². The lowest BCUT2D eigenvalue weighted by molar-refractivity contribution is -0.114. The first-order valence-corrected chi connectivity index (χ1v) is 9.04. The number of nitrogens with one attached hydrogen (secondary N) is 3. The summed E-state index contributed by atoms with van der Waals surface area (Å²) in [7, 11) is 0. The van der Waals surface area contributed by atoms with Gasteiger partial charge in [0.2, 0.25) is 5.91 Å². The van der Waals surface area contributed by atoms with Crippen LogP contribution in [0.1, 0.15) is 13.3 Å². The molecule has 132 valence electrons. The molecule has 0 aliphatic rings. The van der Waals surface area contributed by atoms with Gasteiger partial charge < -0.3 is 20.7 Å². The average Bonchev–Trinajstić information content (AvgIpc) is 2.56.